The van der Waals surface area contributed by atoms with Crippen LogP contribution < -0.4 is 17.1 Å². The minimum atomic E-state index is -2.86. The summed E-state index contributed by atoms with van der Waals surface area (Å²) in [5.41, 5.74) is -2.40. The minimum absolute atomic E-state index is 0.0205. The average Bonchev–Trinajstić information content (AvgIpc) is 2.33. The number of hydrogen-bond donors (Lipinski definition) is 2. The largest absolute Gasteiger partial charge is 0.501 e. The maximum Gasteiger partial charge on any atom is 0.501 e. The van der Waals surface area contributed by atoms with Crippen LogP contribution in [-0.4, -0.2) is 44.7 Å². The first-order chi connectivity index (χ1) is 8.48. The lowest BCUT2D eigenvalue weighted by Crippen LogP contribution is -2.48. The van der Waals surface area contributed by atoms with Crippen molar-refractivity contribution >= 4 is 8.80 Å². The molecule has 10 heteroatoms. The minimum Gasteiger partial charge on any atom is -0.377 e. The fraction of sp³-hybridized carbons (Fsp3) is 0.625. The third-order valence-electron chi connectivity index (χ3n) is 2.51. The molecule has 1 heterocycles. The Morgan fingerprint density at radius 2 is 1.44 bits per heavy atom. The monoisotopic (exact) mass is 277 g/mol. The van der Waals surface area contributed by atoms with E-state index in [2.05, 4.69) is 0 Å². The van der Waals surface area contributed by atoms with Gasteiger partial charge in [-0.1, -0.05) is 0 Å². The molecule has 102 valence electrons. The van der Waals surface area contributed by atoms with E-state index in [1.54, 1.807) is 0 Å². The predicted octanol–water partition coefficient (Wildman–Crippen LogP) is -1.90. The van der Waals surface area contributed by atoms with E-state index in [1.807, 2.05) is 9.97 Å². The van der Waals surface area contributed by atoms with Crippen molar-refractivity contribution in [2.75, 3.05) is 21.3 Å². The van der Waals surface area contributed by atoms with Gasteiger partial charge in [0.25, 0.3) is 0 Å². The summed E-state index contributed by atoms with van der Waals surface area (Å²) < 4.78 is 16.3. The van der Waals surface area contributed by atoms with Gasteiger partial charge in [0.15, 0.2) is 0 Å². The van der Waals surface area contributed by atoms with Crippen molar-refractivity contribution in [3.63, 3.8) is 0 Å². The van der Waals surface area contributed by atoms with Crippen molar-refractivity contribution in [3.05, 3.63) is 31.5 Å². The van der Waals surface area contributed by atoms with Gasteiger partial charge in [0.1, 0.15) is 0 Å². The van der Waals surface area contributed by atoms with Crippen LogP contribution in [0.25, 0.3) is 0 Å². The van der Waals surface area contributed by atoms with Gasteiger partial charge in [0.05, 0.1) is 0 Å². The van der Waals surface area contributed by atoms with Gasteiger partial charge in [-0.2, -0.15) is 0 Å². The fourth-order valence-electron chi connectivity index (χ4n) is 1.46. The number of aromatic amines is 2. The van der Waals surface area contributed by atoms with Crippen LogP contribution in [0.4, 0.5) is 0 Å². The van der Waals surface area contributed by atoms with Gasteiger partial charge < -0.3 is 13.3 Å². The van der Waals surface area contributed by atoms with Gasteiger partial charge >= 0.3 is 25.9 Å². The third-order valence-corrected chi connectivity index (χ3v) is 5.21. The molecule has 0 atom stereocenters. The Kier molecular flexibility index (Phi) is 4.78. The third kappa shape index (κ3) is 3.04. The van der Waals surface area contributed by atoms with E-state index in [-0.39, 0.29) is 12.6 Å². The van der Waals surface area contributed by atoms with Crippen molar-refractivity contribution in [1.82, 2.24) is 14.5 Å². The summed E-state index contributed by atoms with van der Waals surface area (Å²) in [4.78, 5) is 37.6. The highest BCUT2D eigenvalue weighted by atomic mass is 28.4. The van der Waals surface area contributed by atoms with Crippen LogP contribution in [0.5, 0.6) is 0 Å². The SMILES string of the molecule is CO[Si](CCn1c(=O)[nH]c(=O)[nH]c1=O)(OC)OC. The molecule has 1 aromatic rings. The highest BCUT2D eigenvalue weighted by Gasteiger charge is 2.37. The van der Waals surface area contributed by atoms with E-state index in [9.17, 15) is 14.4 Å². The molecule has 0 bridgehead atoms. The van der Waals surface area contributed by atoms with Gasteiger partial charge in [0, 0.05) is 33.9 Å². The molecule has 9 nitrogen and oxygen atoms in total. The lowest BCUT2D eigenvalue weighted by molar-refractivity contribution is 0.122. The molecule has 0 unspecified atom stereocenters. The Morgan fingerprint density at radius 1 is 1.00 bits per heavy atom. The van der Waals surface area contributed by atoms with Gasteiger partial charge in [-0.15, -0.1) is 0 Å². The lowest BCUT2D eigenvalue weighted by Gasteiger charge is -2.24. The van der Waals surface area contributed by atoms with Crippen LogP contribution >= 0.6 is 0 Å². The Hall–Kier alpha value is -1.49. The summed E-state index contributed by atoms with van der Waals surface area (Å²) >= 11 is 0. The predicted molar refractivity (Wildman–Crippen MR) is 63.5 cm³/mol. The molecule has 0 fully saturated rings. The number of aromatic nitrogens is 3. The van der Waals surface area contributed by atoms with Crippen molar-refractivity contribution < 1.29 is 13.3 Å². The summed E-state index contributed by atoms with van der Waals surface area (Å²) in [5.74, 6) is 0. The number of nitrogens with zero attached hydrogens (tertiary/aromatic N) is 1. The smallest absolute Gasteiger partial charge is 0.377 e. The van der Waals surface area contributed by atoms with E-state index in [1.165, 1.54) is 21.3 Å². The molecule has 0 spiro atoms. The van der Waals surface area contributed by atoms with Crippen molar-refractivity contribution in [2.45, 2.75) is 12.6 Å². The van der Waals surface area contributed by atoms with E-state index >= 15 is 0 Å². The van der Waals surface area contributed by atoms with Gasteiger partial charge in [-0.05, 0) is 0 Å². The Morgan fingerprint density at radius 3 is 1.83 bits per heavy atom. The van der Waals surface area contributed by atoms with Gasteiger partial charge in [-0.3, -0.25) is 9.97 Å². The molecule has 0 aliphatic rings. The normalized spacial score (nSPS) is 11.7. The first-order valence-electron chi connectivity index (χ1n) is 5.07. The first kappa shape index (κ1) is 14.6. The standard InChI is InChI=1S/C8H15N3O6Si/c1-15-18(16-2,17-3)5-4-11-7(13)9-6(12)10-8(11)14/h4-5H2,1-3H3,(H2,9,10,12,13,14). The maximum absolute atomic E-state index is 11.4. The molecule has 0 saturated carbocycles. The second-order valence-electron chi connectivity index (χ2n) is 3.39. The van der Waals surface area contributed by atoms with Crippen molar-refractivity contribution in [2.24, 2.45) is 0 Å². The molecule has 1 rings (SSSR count). The molecule has 18 heavy (non-hydrogen) atoms. The van der Waals surface area contributed by atoms with Crippen LogP contribution in [0.2, 0.25) is 6.04 Å². The van der Waals surface area contributed by atoms with E-state index in [4.69, 9.17) is 13.3 Å². The average molecular weight is 277 g/mol. The number of H-pyrrole nitrogens is 2. The van der Waals surface area contributed by atoms with Crippen LogP contribution in [0.1, 0.15) is 0 Å². The lowest BCUT2D eigenvalue weighted by atomic mass is 10.7. The molecule has 0 aliphatic carbocycles. The Labute approximate surface area is 103 Å². The summed E-state index contributed by atoms with van der Waals surface area (Å²) in [6, 6.07) is 0.228. The molecule has 0 aliphatic heterocycles. The zero-order valence-electron chi connectivity index (χ0n) is 10.3. The molecular weight excluding hydrogens is 262 g/mol. The van der Waals surface area contributed by atoms with Crippen molar-refractivity contribution in [3.8, 4) is 0 Å². The van der Waals surface area contributed by atoms with E-state index in [0.717, 1.165) is 4.57 Å². The van der Waals surface area contributed by atoms with Crippen LogP contribution in [0.3, 0.4) is 0 Å². The molecule has 1 aromatic heterocycles. The zero-order valence-corrected chi connectivity index (χ0v) is 11.3. The Balaban J connectivity index is 2.97. The quantitative estimate of drug-likeness (QED) is 0.587. The molecular formula is C8H15N3O6Si. The first-order valence-corrected chi connectivity index (χ1v) is 7.00. The molecule has 0 radical (unpaired) electrons. The second-order valence-corrected chi connectivity index (χ2v) is 6.48. The number of hydrogen-bond acceptors (Lipinski definition) is 6. The second kappa shape index (κ2) is 5.91. The summed E-state index contributed by atoms with van der Waals surface area (Å²) in [5, 5.41) is 0. The molecule has 2 N–H and O–H groups in total. The van der Waals surface area contributed by atoms with E-state index < -0.39 is 25.9 Å². The highest BCUT2D eigenvalue weighted by molar-refractivity contribution is 6.60. The number of rotatable bonds is 6. The molecule has 0 aromatic carbocycles. The van der Waals surface area contributed by atoms with Crippen LogP contribution in [-0.2, 0) is 19.8 Å². The van der Waals surface area contributed by atoms with E-state index in [0.29, 0.717) is 0 Å². The maximum atomic E-state index is 11.4. The van der Waals surface area contributed by atoms with Gasteiger partial charge in [-0.25, -0.2) is 19.0 Å². The fourth-order valence-corrected chi connectivity index (χ4v) is 3.07. The van der Waals surface area contributed by atoms with Crippen LogP contribution in [0, 0.1) is 0 Å². The molecule has 0 saturated heterocycles. The van der Waals surface area contributed by atoms with Crippen LogP contribution in [0.15, 0.2) is 14.4 Å². The summed E-state index contributed by atoms with van der Waals surface area (Å²) in [6.07, 6.45) is 0. The summed E-state index contributed by atoms with van der Waals surface area (Å²) in [7, 11) is 1.42. The Bertz CT molecular complexity index is 514. The topological polar surface area (TPSA) is 115 Å². The van der Waals surface area contributed by atoms with Gasteiger partial charge in [0.2, 0.25) is 0 Å². The highest BCUT2D eigenvalue weighted by Crippen LogP contribution is 2.12. The zero-order chi connectivity index (χ0) is 13.8. The van der Waals surface area contributed by atoms with Crippen molar-refractivity contribution in [1.29, 1.82) is 0 Å². The summed E-state index contributed by atoms with van der Waals surface area (Å²) in [6.45, 7) is 0.0205. The molecule has 0 amide bonds. The number of nitrogens with one attached hydrogen (secondary N) is 2.